The number of ether oxygens (including phenoxy) is 3. The second-order valence-corrected chi connectivity index (χ2v) is 6.28. The van der Waals surface area contributed by atoms with Crippen LogP contribution in [0.25, 0.3) is 0 Å². The summed E-state index contributed by atoms with van der Waals surface area (Å²) in [6.07, 6.45) is 0. The maximum atomic E-state index is 12.5. The summed E-state index contributed by atoms with van der Waals surface area (Å²) in [5.74, 6) is 0.0600. The van der Waals surface area contributed by atoms with Gasteiger partial charge in [-0.15, -0.1) is 0 Å². The van der Waals surface area contributed by atoms with Gasteiger partial charge in [-0.2, -0.15) is 0 Å². The molecule has 0 radical (unpaired) electrons. The summed E-state index contributed by atoms with van der Waals surface area (Å²) in [5.41, 5.74) is 1.44. The van der Waals surface area contributed by atoms with Crippen molar-refractivity contribution in [3.05, 3.63) is 48.0 Å². The normalized spacial score (nSPS) is 12.1. The number of nitrogens with zero attached hydrogens (tertiary/aromatic N) is 1. The minimum absolute atomic E-state index is 0.172. The van der Waals surface area contributed by atoms with Crippen molar-refractivity contribution < 1.29 is 28.6 Å². The van der Waals surface area contributed by atoms with Crippen molar-refractivity contribution in [2.75, 3.05) is 36.6 Å². The van der Waals surface area contributed by atoms with Crippen molar-refractivity contribution in [1.29, 1.82) is 0 Å². The lowest BCUT2D eigenvalue weighted by Crippen LogP contribution is -2.36. The molecule has 2 amide bonds. The molecule has 1 aliphatic heterocycles. The second kappa shape index (κ2) is 9.09. The number of carbonyl (C=O) groups excluding carboxylic acids is 3. The lowest BCUT2D eigenvalue weighted by Gasteiger charge is -2.24. The monoisotopic (exact) mass is 398 g/mol. The summed E-state index contributed by atoms with van der Waals surface area (Å²) in [6, 6.07) is 11.4. The van der Waals surface area contributed by atoms with Crippen molar-refractivity contribution in [3.63, 3.8) is 0 Å². The molecule has 29 heavy (non-hydrogen) atoms. The van der Waals surface area contributed by atoms with E-state index in [1.54, 1.807) is 49.4 Å². The molecule has 8 heteroatoms. The van der Waals surface area contributed by atoms with E-state index in [4.69, 9.17) is 14.2 Å². The number of hydrogen-bond donors (Lipinski definition) is 1. The number of carbonyl (C=O) groups is 3. The molecule has 1 heterocycles. The summed E-state index contributed by atoms with van der Waals surface area (Å²) in [5, 5.41) is 2.72. The SMILES string of the molecule is CCOC(=O)c1ccc(NC(=O)CN(C(C)=O)c2ccc3c(c2)OCCO3)cc1. The van der Waals surface area contributed by atoms with Crippen LogP contribution in [0.1, 0.15) is 24.2 Å². The van der Waals surface area contributed by atoms with Crippen LogP contribution < -0.4 is 19.7 Å². The van der Waals surface area contributed by atoms with Gasteiger partial charge in [0, 0.05) is 24.4 Å². The molecule has 0 fully saturated rings. The Morgan fingerprint density at radius 1 is 1.03 bits per heavy atom. The van der Waals surface area contributed by atoms with E-state index in [9.17, 15) is 14.4 Å². The van der Waals surface area contributed by atoms with Gasteiger partial charge in [-0.3, -0.25) is 9.59 Å². The molecule has 0 saturated carbocycles. The van der Waals surface area contributed by atoms with Gasteiger partial charge in [0.1, 0.15) is 19.8 Å². The van der Waals surface area contributed by atoms with Gasteiger partial charge in [0.15, 0.2) is 11.5 Å². The number of benzene rings is 2. The summed E-state index contributed by atoms with van der Waals surface area (Å²) in [4.78, 5) is 37.6. The standard InChI is InChI=1S/C21H22N2O6/c1-3-27-21(26)15-4-6-16(7-5-15)22-20(25)13-23(14(2)24)17-8-9-18-19(12-17)29-11-10-28-18/h4-9,12H,3,10-11,13H2,1-2H3,(H,22,25). The van der Waals surface area contributed by atoms with Crippen LogP contribution in [-0.4, -0.2) is 44.1 Å². The first-order chi connectivity index (χ1) is 14.0. The average Bonchev–Trinajstić information content (AvgIpc) is 2.72. The van der Waals surface area contributed by atoms with E-state index < -0.39 is 5.97 Å². The van der Waals surface area contributed by atoms with Gasteiger partial charge >= 0.3 is 5.97 Å². The van der Waals surface area contributed by atoms with Crippen LogP contribution in [0.2, 0.25) is 0 Å². The summed E-state index contributed by atoms with van der Waals surface area (Å²) < 4.78 is 15.9. The average molecular weight is 398 g/mol. The molecular formula is C21H22N2O6. The van der Waals surface area contributed by atoms with E-state index in [-0.39, 0.29) is 25.0 Å². The number of hydrogen-bond acceptors (Lipinski definition) is 6. The summed E-state index contributed by atoms with van der Waals surface area (Å²) in [6.45, 7) is 4.14. The fraction of sp³-hybridized carbons (Fsp3) is 0.286. The quantitative estimate of drug-likeness (QED) is 0.752. The molecule has 2 aromatic carbocycles. The van der Waals surface area contributed by atoms with Gasteiger partial charge in [-0.1, -0.05) is 0 Å². The molecule has 0 unspecified atom stereocenters. The molecule has 0 saturated heterocycles. The van der Waals surface area contributed by atoms with Crippen LogP contribution in [0, 0.1) is 0 Å². The van der Waals surface area contributed by atoms with Gasteiger partial charge in [-0.05, 0) is 43.3 Å². The van der Waals surface area contributed by atoms with E-state index in [0.717, 1.165) is 0 Å². The largest absolute Gasteiger partial charge is 0.486 e. The van der Waals surface area contributed by atoms with Crippen LogP contribution in [0.4, 0.5) is 11.4 Å². The number of rotatable bonds is 6. The predicted molar refractivity (Wildman–Crippen MR) is 106 cm³/mol. The second-order valence-electron chi connectivity index (χ2n) is 6.28. The summed E-state index contributed by atoms with van der Waals surface area (Å²) >= 11 is 0. The molecule has 0 atom stereocenters. The van der Waals surface area contributed by atoms with E-state index in [1.165, 1.54) is 11.8 Å². The Kier molecular flexibility index (Phi) is 6.33. The van der Waals surface area contributed by atoms with Crippen molar-refractivity contribution in [2.24, 2.45) is 0 Å². The highest BCUT2D eigenvalue weighted by molar-refractivity contribution is 6.02. The first kappa shape index (κ1) is 20.2. The van der Waals surface area contributed by atoms with Gasteiger partial charge in [0.2, 0.25) is 11.8 Å². The third-order valence-corrected chi connectivity index (χ3v) is 4.20. The number of anilines is 2. The lowest BCUT2D eigenvalue weighted by atomic mass is 10.2. The Bertz CT molecular complexity index is 910. The van der Waals surface area contributed by atoms with Crippen LogP contribution in [0.5, 0.6) is 11.5 Å². The molecule has 0 aliphatic carbocycles. The molecule has 0 bridgehead atoms. The Labute approximate surface area is 168 Å². The maximum Gasteiger partial charge on any atom is 0.338 e. The predicted octanol–water partition coefficient (Wildman–Crippen LogP) is 2.63. The molecule has 0 aromatic heterocycles. The third-order valence-electron chi connectivity index (χ3n) is 4.20. The number of esters is 1. The molecular weight excluding hydrogens is 376 g/mol. The molecule has 1 N–H and O–H groups in total. The Morgan fingerprint density at radius 2 is 1.72 bits per heavy atom. The lowest BCUT2D eigenvalue weighted by molar-refractivity contribution is -0.120. The maximum absolute atomic E-state index is 12.5. The molecule has 1 aliphatic rings. The summed E-state index contributed by atoms with van der Waals surface area (Å²) in [7, 11) is 0. The van der Waals surface area contributed by atoms with E-state index in [0.29, 0.717) is 41.7 Å². The van der Waals surface area contributed by atoms with Crippen LogP contribution in [-0.2, 0) is 14.3 Å². The van der Waals surface area contributed by atoms with Crippen molar-refractivity contribution >= 4 is 29.2 Å². The number of amides is 2. The van der Waals surface area contributed by atoms with E-state index in [2.05, 4.69) is 5.32 Å². The fourth-order valence-corrected chi connectivity index (χ4v) is 2.83. The van der Waals surface area contributed by atoms with Gasteiger partial charge in [0.25, 0.3) is 0 Å². The zero-order valence-electron chi connectivity index (χ0n) is 16.3. The van der Waals surface area contributed by atoms with Crippen LogP contribution >= 0.6 is 0 Å². The molecule has 152 valence electrons. The molecule has 3 rings (SSSR count). The minimum atomic E-state index is -0.424. The highest BCUT2D eigenvalue weighted by Crippen LogP contribution is 2.34. The highest BCUT2D eigenvalue weighted by Gasteiger charge is 2.19. The molecule has 8 nitrogen and oxygen atoms in total. The zero-order chi connectivity index (χ0) is 20.8. The topological polar surface area (TPSA) is 94.2 Å². The molecule has 0 spiro atoms. The first-order valence-electron chi connectivity index (χ1n) is 9.22. The van der Waals surface area contributed by atoms with E-state index >= 15 is 0 Å². The van der Waals surface area contributed by atoms with Gasteiger partial charge in [-0.25, -0.2) is 4.79 Å². The highest BCUT2D eigenvalue weighted by atomic mass is 16.6. The smallest absolute Gasteiger partial charge is 0.338 e. The van der Waals surface area contributed by atoms with Gasteiger partial charge < -0.3 is 24.4 Å². The van der Waals surface area contributed by atoms with Crippen LogP contribution in [0.3, 0.4) is 0 Å². The van der Waals surface area contributed by atoms with Crippen molar-refractivity contribution in [3.8, 4) is 11.5 Å². The van der Waals surface area contributed by atoms with Gasteiger partial charge in [0.05, 0.1) is 12.2 Å². The number of nitrogens with one attached hydrogen (secondary N) is 1. The number of fused-ring (bicyclic) bond motifs is 1. The van der Waals surface area contributed by atoms with Crippen LogP contribution in [0.15, 0.2) is 42.5 Å². The Morgan fingerprint density at radius 3 is 2.38 bits per heavy atom. The fourth-order valence-electron chi connectivity index (χ4n) is 2.83. The van der Waals surface area contributed by atoms with E-state index in [1.807, 2.05) is 0 Å². The molecule has 2 aromatic rings. The minimum Gasteiger partial charge on any atom is -0.486 e. The third kappa shape index (κ3) is 5.04. The van der Waals surface area contributed by atoms with Crippen molar-refractivity contribution in [1.82, 2.24) is 0 Å². The Hall–Kier alpha value is -3.55. The van der Waals surface area contributed by atoms with Crippen molar-refractivity contribution in [2.45, 2.75) is 13.8 Å². The first-order valence-corrected chi connectivity index (χ1v) is 9.22. The zero-order valence-corrected chi connectivity index (χ0v) is 16.3. The Balaban J connectivity index is 1.67.